The lowest BCUT2D eigenvalue weighted by Crippen LogP contribution is -2.31. The highest BCUT2D eigenvalue weighted by Gasteiger charge is 2.15. The number of nitrogens with zero attached hydrogens (tertiary/aromatic N) is 4. The Morgan fingerprint density at radius 2 is 2.10 bits per heavy atom. The third-order valence-electron chi connectivity index (χ3n) is 4.41. The Balaban J connectivity index is 1.44. The van der Waals surface area contributed by atoms with Gasteiger partial charge in [-0.3, -0.25) is 9.59 Å². The van der Waals surface area contributed by atoms with Crippen molar-refractivity contribution in [3.63, 3.8) is 0 Å². The smallest absolute Gasteiger partial charge is 0.254 e. The molecule has 0 saturated carbocycles. The van der Waals surface area contributed by atoms with Crippen LogP contribution in [0.5, 0.6) is 0 Å². The van der Waals surface area contributed by atoms with Crippen molar-refractivity contribution >= 4 is 17.5 Å². The van der Waals surface area contributed by atoms with E-state index in [1.165, 1.54) is 12.5 Å². The third-order valence-corrected chi connectivity index (χ3v) is 4.41. The van der Waals surface area contributed by atoms with Gasteiger partial charge < -0.3 is 15.1 Å². The van der Waals surface area contributed by atoms with Crippen molar-refractivity contribution in [2.45, 2.75) is 33.1 Å². The number of amides is 2. The Bertz CT molecular complexity index is 1060. The molecule has 0 saturated heterocycles. The van der Waals surface area contributed by atoms with Crippen LogP contribution in [0.15, 0.2) is 29.1 Å². The molecule has 0 unspecified atom stereocenters. The molecule has 3 heterocycles. The number of aryl methyl sites for hydroxylation is 3. The van der Waals surface area contributed by atoms with E-state index >= 15 is 0 Å². The first kappa shape index (κ1) is 20.1. The lowest BCUT2D eigenvalue weighted by atomic mass is 10.1. The van der Waals surface area contributed by atoms with E-state index in [-0.39, 0.29) is 24.8 Å². The van der Waals surface area contributed by atoms with Gasteiger partial charge in [-0.2, -0.15) is 10.4 Å². The number of carbonyl (C=O) groups excluding carboxylic acids is 2. The maximum Gasteiger partial charge on any atom is 0.254 e. The molecule has 0 aromatic carbocycles. The molecule has 0 aliphatic rings. The lowest BCUT2D eigenvalue weighted by molar-refractivity contribution is -0.120. The fraction of sp³-hybridized carbons (Fsp3) is 0.350. The summed E-state index contributed by atoms with van der Waals surface area (Å²) in [5.74, 6) is -0.428. The van der Waals surface area contributed by atoms with Crippen LogP contribution in [0.3, 0.4) is 0 Å². The van der Waals surface area contributed by atoms with Crippen LogP contribution >= 0.6 is 0 Å². The van der Waals surface area contributed by atoms with E-state index in [1.807, 2.05) is 19.9 Å². The van der Waals surface area contributed by atoms with Gasteiger partial charge in [-0.15, -0.1) is 0 Å². The normalized spacial score (nSPS) is 10.7. The largest absolute Gasteiger partial charge is 0.472 e. The predicted molar refractivity (Wildman–Crippen MR) is 104 cm³/mol. The van der Waals surface area contributed by atoms with Gasteiger partial charge in [0.25, 0.3) is 5.91 Å². The van der Waals surface area contributed by atoms with Crippen LogP contribution in [0, 0.1) is 25.2 Å². The van der Waals surface area contributed by atoms with Crippen molar-refractivity contribution < 1.29 is 14.0 Å². The number of hydrogen-bond acceptors (Lipinski definition) is 6. The number of nitrogens with one attached hydrogen (secondary N) is 2. The molecule has 0 atom stereocenters. The molecule has 3 rings (SSSR count). The van der Waals surface area contributed by atoms with Gasteiger partial charge in [0, 0.05) is 30.9 Å². The first-order chi connectivity index (χ1) is 14.0. The number of aromatic nitrogens is 3. The average Bonchev–Trinajstić information content (AvgIpc) is 3.33. The monoisotopic (exact) mass is 394 g/mol. The standard InChI is InChI=1S/C20H22N6O3/c1-13-10-14(2)26-19(24-13)16(11-21)17(25-26)4-3-7-22-18(27)5-8-23-20(28)15-6-9-29-12-15/h6,9-10,12H,3-5,7-8H2,1-2H3,(H,22,27)(H,23,28). The molecule has 0 aliphatic carbocycles. The highest BCUT2D eigenvalue weighted by atomic mass is 16.3. The minimum atomic E-state index is -0.276. The number of rotatable bonds is 8. The third kappa shape index (κ3) is 4.79. The Morgan fingerprint density at radius 1 is 1.28 bits per heavy atom. The molecule has 29 heavy (non-hydrogen) atoms. The van der Waals surface area contributed by atoms with Gasteiger partial charge >= 0.3 is 0 Å². The van der Waals surface area contributed by atoms with Crippen LogP contribution in [0.25, 0.3) is 5.65 Å². The zero-order chi connectivity index (χ0) is 20.8. The van der Waals surface area contributed by atoms with E-state index in [2.05, 4.69) is 26.8 Å². The van der Waals surface area contributed by atoms with Crippen LogP contribution in [0.2, 0.25) is 0 Å². The van der Waals surface area contributed by atoms with Crippen molar-refractivity contribution in [3.05, 3.63) is 52.9 Å². The molecular weight excluding hydrogens is 372 g/mol. The quantitative estimate of drug-likeness (QED) is 0.560. The maximum atomic E-state index is 11.9. The number of fused-ring (bicyclic) bond motifs is 1. The molecule has 150 valence electrons. The van der Waals surface area contributed by atoms with E-state index in [0.29, 0.717) is 41.9 Å². The molecule has 9 heteroatoms. The highest BCUT2D eigenvalue weighted by molar-refractivity contribution is 5.94. The molecule has 2 N–H and O–H groups in total. The first-order valence-electron chi connectivity index (χ1n) is 9.32. The zero-order valence-corrected chi connectivity index (χ0v) is 16.4. The Kier molecular flexibility index (Phi) is 6.24. The molecule has 0 bridgehead atoms. The molecule has 0 fully saturated rings. The molecule has 3 aromatic rings. The molecule has 0 aliphatic heterocycles. The van der Waals surface area contributed by atoms with Gasteiger partial charge in [0.05, 0.1) is 17.5 Å². The molecule has 9 nitrogen and oxygen atoms in total. The molecule has 0 radical (unpaired) electrons. The maximum absolute atomic E-state index is 11.9. The summed E-state index contributed by atoms with van der Waals surface area (Å²) in [5.41, 5.74) is 3.90. The lowest BCUT2D eigenvalue weighted by Gasteiger charge is -2.05. The van der Waals surface area contributed by atoms with Crippen molar-refractivity contribution in [2.75, 3.05) is 13.1 Å². The van der Waals surface area contributed by atoms with E-state index in [1.54, 1.807) is 10.6 Å². The molecule has 3 aromatic heterocycles. The second-order valence-corrected chi connectivity index (χ2v) is 6.68. The zero-order valence-electron chi connectivity index (χ0n) is 16.4. The number of furan rings is 1. The van der Waals surface area contributed by atoms with Crippen molar-refractivity contribution in [3.8, 4) is 6.07 Å². The SMILES string of the molecule is Cc1cc(C)n2nc(CCCNC(=O)CCNC(=O)c3ccoc3)c(C#N)c2n1. The summed E-state index contributed by atoms with van der Waals surface area (Å²) in [5, 5.41) is 19.5. The van der Waals surface area contributed by atoms with Crippen LogP contribution in [0.1, 0.15) is 45.8 Å². The van der Waals surface area contributed by atoms with Crippen molar-refractivity contribution in [2.24, 2.45) is 0 Å². The number of hydrogen-bond donors (Lipinski definition) is 2. The summed E-state index contributed by atoms with van der Waals surface area (Å²) in [4.78, 5) is 28.1. The minimum absolute atomic E-state index is 0.152. The Hall–Kier alpha value is -3.67. The van der Waals surface area contributed by atoms with Gasteiger partial charge in [-0.25, -0.2) is 9.50 Å². The van der Waals surface area contributed by atoms with Crippen LogP contribution in [-0.4, -0.2) is 39.5 Å². The molecule has 2 amide bonds. The van der Waals surface area contributed by atoms with Crippen LogP contribution in [-0.2, 0) is 11.2 Å². The summed E-state index contributed by atoms with van der Waals surface area (Å²) in [6, 6.07) is 5.66. The summed E-state index contributed by atoms with van der Waals surface area (Å²) in [6.45, 7) is 4.50. The van der Waals surface area contributed by atoms with Gasteiger partial charge in [-0.05, 0) is 38.8 Å². The summed E-state index contributed by atoms with van der Waals surface area (Å²) < 4.78 is 6.52. The minimum Gasteiger partial charge on any atom is -0.472 e. The fourth-order valence-corrected chi connectivity index (χ4v) is 3.01. The van der Waals surface area contributed by atoms with Crippen LogP contribution in [0.4, 0.5) is 0 Å². The average molecular weight is 394 g/mol. The Labute approximate surface area is 167 Å². The van der Waals surface area contributed by atoms with Crippen molar-refractivity contribution in [1.82, 2.24) is 25.2 Å². The molecular formula is C20H22N6O3. The van der Waals surface area contributed by atoms with Gasteiger partial charge in [0.15, 0.2) is 5.65 Å². The van der Waals surface area contributed by atoms with Crippen LogP contribution < -0.4 is 10.6 Å². The van der Waals surface area contributed by atoms with Crippen molar-refractivity contribution in [1.29, 1.82) is 5.26 Å². The topological polar surface area (TPSA) is 125 Å². The predicted octanol–water partition coefficient (Wildman–Crippen LogP) is 1.68. The molecule has 0 spiro atoms. The van der Waals surface area contributed by atoms with E-state index in [9.17, 15) is 14.9 Å². The summed E-state index contributed by atoms with van der Waals surface area (Å²) in [7, 11) is 0. The highest BCUT2D eigenvalue weighted by Crippen LogP contribution is 2.17. The van der Waals surface area contributed by atoms with E-state index < -0.39 is 0 Å². The summed E-state index contributed by atoms with van der Waals surface area (Å²) >= 11 is 0. The summed E-state index contributed by atoms with van der Waals surface area (Å²) in [6.07, 6.45) is 4.15. The fourth-order valence-electron chi connectivity index (χ4n) is 3.01. The van der Waals surface area contributed by atoms with Gasteiger partial charge in [-0.1, -0.05) is 0 Å². The number of nitriles is 1. The van der Waals surface area contributed by atoms with E-state index in [4.69, 9.17) is 4.42 Å². The number of carbonyl (C=O) groups is 2. The first-order valence-corrected chi connectivity index (χ1v) is 9.32. The van der Waals surface area contributed by atoms with Gasteiger partial charge in [0.2, 0.25) is 5.91 Å². The second kappa shape index (κ2) is 9.01. The van der Waals surface area contributed by atoms with E-state index in [0.717, 1.165) is 11.4 Å². The Morgan fingerprint density at radius 3 is 2.83 bits per heavy atom. The van der Waals surface area contributed by atoms with Gasteiger partial charge in [0.1, 0.15) is 17.9 Å². The second-order valence-electron chi connectivity index (χ2n) is 6.68.